The molecule has 0 aliphatic carbocycles. The van der Waals surface area contributed by atoms with Gasteiger partial charge in [0.1, 0.15) is 0 Å². The molecule has 6 heteroatoms. The van der Waals surface area contributed by atoms with Crippen LogP contribution in [0.2, 0.25) is 5.02 Å². The molecule has 1 aromatic rings. The molecule has 1 aromatic carbocycles. The summed E-state index contributed by atoms with van der Waals surface area (Å²) >= 11 is 6.14. The zero-order valence-corrected chi connectivity index (χ0v) is 12.9. The van der Waals surface area contributed by atoms with Gasteiger partial charge in [0.2, 0.25) is 0 Å². The van der Waals surface area contributed by atoms with Crippen LogP contribution in [0.3, 0.4) is 0 Å². The molecule has 0 bridgehead atoms. The maximum Gasteiger partial charge on any atom is 0.328 e. The molecule has 0 fully saturated rings. The number of halogens is 1. The maximum absolute atomic E-state index is 12.4. The number of aliphatic hydroxyl groups excluding tert-OH is 1. The van der Waals surface area contributed by atoms with E-state index in [1.165, 1.54) is 0 Å². The summed E-state index contributed by atoms with van der Waals surface area (Å²) in [6.07, 6.45) is -0.158. The lowest BCUT2D eigenvalue weighted by molar-refractivity contribution is -0.165. The topological polar surface area (TPSA) is 72.8 Å². The van der Waals surface area contributed by atoms with Crippen molar-refractivity contribution in [2.45, 2.75) is 25.7 Å². The molecule has 1 N–H and O–H groups in total. The van der Waals surface area contributed by atoms with Gasteiger partial charge in [-0.3, -0.25) is 9.59 Å². The van der Waals surface area contributed by atoms with Crippen LogP contribution in [0.25, 0.3) is 0 Å². The first-order valence-electron chi connectivity index (χ1n) is 6.74. The zero-order valence-electron chi connectivity index (χ0n) is 12.1. The van der Waals surface area contributed by atoms with Gasteiger partial charge in [-0.25, -0.2) is 0 Å². The molecule has 0 saturated carbocycles. The molecule has 5 nitrogen and oxygen atoms in total. The minimum atomic E-state index is -1.75. The summed E-state index contributed by atoms with van der Waals surface area (Å²) in [7, 11) is 0. The zero-order chi connectivity index (χ0) is 15.9. The highest BCUT2D eigenvalue weighted by molar-refractivity contribution is 6.32. The largest absolute Gasteiger partial charge is 0.465 e. The van der Waals surface area contributed by atoms with Gasteiger partial charge in [-0.05, 0) is 25.5 Å². The van der Waals surface area contributed by atoms with Gasteiger partial charge in [-0.2, -0.15) is 0 Å². The van der Waals surface area contributed by atoms with Crippen LogP contribution in [0, 0.1) is 0 Å². The number of carbonyl (C=O) groups excluding carboxylic acids is 2. The van der Waals surface area contributed by atoms with Crippen LogP contribution in [-0.4, -0.2) is 36.9 Å². The number of hydrogen-bond donors (Lipinski definition) is 1. The molecule has 0 aromatic heterocycles. The SMILES string of the molecule is CCOC(=O)C(CCO)(C(=O)OCC)c1ccccc1Cl. The van der Waals surface area contributed by atoms with E-state index in [4.69, 9.17) is 21.1 Å². The predicted molar refractivity (Wildman–Crippen MR) is 78.1 cm³/mol. The molecule has 0 atom stereocenters. The third-order valence-corrected chi connectivity index (χ3v) is 3.40. The molecule has 1 rings (SSSR count). The highest BCUT2D eigenvalue weighted by atomic mass is 35.5. The third-order valence-electron chi connectivity index (χ3n) is 3.07. The lowest BCUT2D eigenvalue weighted by Crippen LogP contribution is -2.47. The Balaban J connectivity index is 3.47. The number of rotatable bonds is 7. The van der Waals surface area contributed by atoms with E-state index in [9.17, 15) is 14.7 Å². The minimum Gasteiger partial charge on any atom is -0.465 e. The van der Waals surface area contributed by atoms with Crippen molar-refractivity contribution >= 4 is 23.5 Å². The van der Waals surface area contributed by atoms with Crippen molar-refractivity contribution in [2.24, 2.45) is 0 Å². The molecule has 0 unspecified atom stereocenters. The van der Waals surface area contributed by atoms with E-state index in [2.05, 4.69) is 0 Å². The van der Waals surface area contributed by atoms with Gasteiger partial charge in [0, 0.05) is 18.1 Å². The van der Waals surface area contributed by atoms with Gasteiger partial charge in [-0.1, -0.05) is 29.8 Å². The summed E-state index contributed by atoms with van der Waals surface area (Å²) in [5.41, 5.74) is -1.48. The van der Waals surface area contributed by atoms with Crippen molar-refractivity contribution in [2.75, 3.05) is 19.8 Å². The second kappa shape index (κ2) is 8.00. The Hall–Kier alpha value is -1.59. The van der Waals surface area contributed by atoms with Gasteiger partial charge >= 0.3 is 11.9 Å². The summed E-state index contributed by atoms with van der Waals surface area (Å²) in [6.45, 7) is 3.10. The smallest absolute Gasteiger partial charge is 0.328 e. The van der Waals surface area contributed by atoms with E-state index < -0.39 is 17.4 Å². The predicted octanol–water partition coefficient (Wildman–Crippen LogP) is 2.09. The molecule has 116 valence electrons. The van der Waals surface area contributed by atoms with Crippen LogP contribution in [0.1, 0.15) is 25.8 Å². The third kappa shape index (κ3) is 3.54. The van der Waals surface area contributed by atoms with Crippen LogP contribution in [0.4, 0.5) is 0 Å². The van der Waals surface area contributed by atoms with Gasteiger partial charge in [0.25, 0.3) is 0 Å². The van der Waals surface area contributed by atoms with Gasteiger partial charge in [0.15, 0.2) is 5.41 Å². The molecule has 0 aliphatic rings. The molecule has 0 saturated heterocycles. The first kappa shape index (κ1) is 17.5. The van der Waals surface area contributed by atoms with E-state index in [0.29, 0.717) is 0 Å². The molecule has 0 spiro atoms. The molecule has 0 amide bonds. The van der Waals surface area contributed by atoms with Crippen LogP contribution in [0.5, 0.6) is 0 Å². The fraction of sp³-hybridized carbons (Fsp3) is 0.467. The van der Waals surface area contributed by atoms with Gasteiger partial charge < -0.3 is 14.6 Å². The normalized spacial score (nSPS) is 11.0. The van der Waals surface area contributed by atoms with Crippen LogP contribution in [-0.2, 0) is 24.5 Å². The summed E-state index contributed by atoms with van der Waals surface area (Å²) in [5.74, 6) is -1.55. The van der Waals surface area contributed by atoms with Gasteiger partial charge in [0.05, 0.1) is 13.2 Å². The van der Waals surface area contributed by atoms with E-state index >= 15 is 0 Å². The first-order chi connectivity index (χ1) is 10.0. The van der Waals surface area contributed by atoms with Crippen molar-refractivity contribution < 1.29 is 24.2 Å². The fourth-order valence-corrected chi connectivity index (χ4v) is 2.42. The summed E-state index contributed by atoms with van der Waals surface area (Å²) < 4.78 is 10.1. The summed E-state index contributed by atoms with van der Waals surface area (Å²) in [4.78, 5) is 24.9. The summed E-state index contributed by atoms with van der Waals surface area (Å²) in [6, 6.07) is 6.48. The number of hydrogen-bond acceptors (Lipinski definition) is 5. The molecule has 0 radical (unpaired) electrons. The highest BCUT2D eigenvalue weighted by Crippen LogP contribution is 2.36. The number of ether oxygens (including phenoxy) is 2. The Bertz CT molecular complexity index is 483. The highest BCUT2D eigenvalue weighted by Gasteiger charge is 2.51. The Labute approximate surface area is 128 Å². The lowest BCUT2D eigenvalue weighted by atomic mass is 9.77. The van der Waals surface area contributed by atoms with E-state index in [0.717, 1.165) is 0 Å². The van der Waals surface area contributed by atoms with Crippen molar-refractivity contribution in [1.29, 1.82) is 0 Å². The number of aliphatic hydroxyl groups is 1. The second-order valence-electron chi connectivity index (χ2n) is 4.30. The molecular formula is C15H19ClO5. The van der Waals surface area contributed by atoms with Gasteiger partial charge in [-0.15, -0.1) is 0 Å². The quantitative estimate of drug-likeness (QED) is 0.616. The van der Waals surface area contributed by atoms with E-state index in [-0.39, 0.29) is 36.8 Å². The van der Waals surface area contributed by atoms with Crippen molar-refractivity contribution in [3.63, 3.8) is 0 Å². The Kier molecular flexibility index (Phi) is 6.65. The number of carbonyl (C=O) groups is 2. The van der Waals surface area contributed by atoms with Crippen molar-refractivity contribution in [3.8, 4) is 0 Å². The van der Waals surface area contributed by atoms with Crippen LogP contribution < -0.4 is 0 Å². The van der Waals surface area contributed by atoms with Crippen LogP contribution >= 0.6 is 11.6 Å². The Morgan fingerprint density at radius 2 is 1.67 bits per heavy atom. The first-order valence-corrected chi connectivity index (χ1v) is 7.12. The Morgan fingerprint density at radius 1 is 1.14 bits per heavy atom. The molecule has 0 heterocycles. The minimum absolute atomic E-state index is 0.107. The van der Waals surface area contributed by atoms with E-state index in [1.807, 2.05) is 0 Å². The second-order valence-corrected chi connectivity index (χ2v) is 4.71. The number of esters is 2. The number of benzene rings is 1. The van der Waals surface area contributed by atoms with Crippen LogP contribution in [0.15, 0.2) is 24.3 Å². The fourth-order valence-electron chi connectivity index (χ4n) is 2.13. The Morgan fingerprint density at radius 3 is 2.10 bits per heavy atom. The molecular weight excluding hydrogens is 296 g/mol. The molecule has 21 heavy (non-hydrogen) atoms. The summed E-state index contributed by atoms with van der Waals surface area (Å²) in [5, 5.41) is 9.57. The standard InChI is InChI=1S/C15H19ClO5/c1-3-20-13(18)15(9-10-17,14(19)21-4-2)11-7-5-6-8-12(11)16/h5-8,17H,3-4,9-10H2,1-2H3. The lowest BCUT2D eigenvalue weighted by Gasteiger charge is -2.29. The average Bonchev–Trinajstić information content (AvgIpc) is 2.46. The van der Waals surface area contributed by atoms with Crippen molar-refractivity contribution in [3.05, 3.63) is 34.9 Å². The average molecular weight is 315 g/mol. The molecule has 0 aliphatic heterocycles. The van der Waals surface area contributed by atoms with Crippen molar-refractivity contribution in [1.82, 2.24) is 0 Å². The monoisotopic (exact) mass is 314 g/mol. The maximum atomic E-state index is 12.4. The van der Waals surface area contributed by atoms with E-state index in [1.54, 1.807) is 38.1 Å².